The van der Waals surface area contributed by atoms with Crippen LogP contribution in [0.3, 0.4) is 0 Å². The maximum atomic E-state index is 4.67. The fraction of sp³-hybridized carbons (Fsp3) is 0.714. The molecule has 5 nitrogen and oxygen atoms in total. The smallest absolute Gasteiger partial charge is 0.191 e. The number of nitrogens with zero attached hydrogens (tertiary/aromatic N) is 4. The minimum Gasteiger partial charge on any atom is -0.370 e. The molecule has 2 unspecified atom stereocenters. The van der Waals surface area contributed by atoms with Gasteiger partial charge in [-0.2, -0.15) is 0 Å². The minimum atomic E-state index is 0.536. The Labute approximate surface area is 126 Å². The molecule has 1 aromatic rings. The van der Waals surface area contributed by atoms with E-state index in [1.807, 2.05) is 6.26 Å². The van der Waals surface area contributed by atoms with E-state index in [2.05, 4.69) is 59.0 Å². The number of aromatic nitrogens is 2. The molecule has 20 heavy (non-hydrogen) atoms. The minimum absolute atomic E-state index is 0.536. The van der Waals surface area contributed by atoms with Crippen LogP contribution in [0.15, 0.2) is 11.2 Å². The number of anilines is 2. The van der Waals surface area contributed by atoms with Crippen LogP contribution >= 0.6 is 11.8 Å². The van der Waals surface area contributed by atoms with Crippen molar-refractivity contribution in [2.75, 3.05) is 43.2 Å². The summed E-state index contributed by atoms with van der Waals surface area (Å²) in [5.41, 5.74) is 0. The molecule has 0 amide bonds. The zero-order valence-corrected chi connectivity index (χ0v) is 13.9. The van der Waals surface area contributed by atoms with Crippen molar-refractivity contribution in [2.24, 2.45) is 0 Å². The lowest BCUT2D eigenvalue weighted by atomic mass is 10.1. The van der Waals surface area contributed by atoms with Crippen molar-refractivity contribution in [1.82, 2.24) is 14.9 Å². The number of thioether (sulfide) groups is 1. The second kappa shape index (κ2) is 6.63. The molecule has 0 saturated carbocycles. The van der Waals surface area contributed by atoms with Crippen molar-refractivity contribution in [2.45, 2.75) is 38.0 Å². The highest BCUT2D eigenvalue weighted by molar-refractivity contribution is 7.98. The molecule has 1 aliphatic heterocycles. The molecule has 0 radical (unpaired) electrons. The third-order valence-corrected chi connectivity index (χ3v) is 4.46. The van der Waals surface area contributed by atoms with Gasteiger partial charge in [-0.3, -0.25) is 4.90 Å². The topological polar surface area (TPSA) is 44.3 Å². The predicted molar refractivity (Wildman–Crippen MR) is 86.9 cm³/mol. The number of rotatable bonds is 4. The molecule has 1 saturated heterocycles. The van der Waals surface area contributed by atoms with E-state index in [0.29, 0.717) is 12.1 Å². The summed E-state index contributed by atoms with van der Waals surface area (Å²) in [6.07, 6.45) is 2.02. The fourth-order valence-electron chi connectivity index (χ4n) is 2.53. The highest BCUT2D eigenvalue weighted by atomic mass is 32.2. The van der Waals surface area contributed by atoms with E-state index in [1.54, 1.807) is 11.8 Å². The van der Waals surface area contributed by atoms with E-state index in [-0.39, 0.29) is 0 Å². The first kappa shape index (κ1) is 15.4. The summed E-state index contributed by atoms with van der Waals surface area (Å²) in [7, 11) is 2.20. The van der Waals surface area contributed by atoms with Gasteiger partial charge in [0.2, 0.25) is 0 Å². The van der Waals surface area contributed by atoms with Crippen molar-refractivity contribution in [3.63, 3.8) is 0 Å². The van der Waals surface area contributed by atoms with Crippen LogP contribution < -0.4 is 10.2 Å². The Kier molecular flexibility index (Phi) is 5.10. The molecule has 6 heteroatoms. The van der Waals surface area contributed by atoms with Gasteiger partial charge in [0, 0.05) is 37.8 Å². The zero-order valence-electron chi connectivity index (χ0n) is 13.1. The first-order valence-corrected chi connectivity index (χ1v) is 8.41. The van der Waals surface area contributed by atoms with Crippen molar-refractivity contribution < 1.29 is 0 Å². The number of hydrogen-bond donors (Lipinski definition) is 1. The van der Waals surface area contributed by atoms with Gasteiger partial charge in [0.15, 0.2) is 5.16 Å². The van der Waals surface area contributed by atoms with Gasteiger partial charge in [0.25, 0.3) is 0 Å². The molecular formula is C14H25N5S. The van der Waals surface area contributed by atoms with Gasteiger partial charge in [0.05, 0.1) is 0 Å². The quantitative estimate of drug-likeness (QED) is 0.678. The average Bonchev–Trinajstić information content (AvgIpc) is 2.44. The van der Waals surface area contributed by atoms with Gasteiger partial charge in [-0.1, -0.05) is 11.8 Å². The van der Waals surface area contributed by atoms with Crippen LogP contribution in [0.5, 0.6) is 0 Å². The van der Waals surface area contributed by atoms with E-state index in [9.17, 15) is 0 Å². The molecule has 2 atom stereocenters. The number of hydrogen-bond acceptors (Lipinski definition) is 6. The first-order chi connectivity index (χ1) is 9.55. The van der Waals surface area contributed by atoms with E-state index >= 15 is 0 Å². The van der Waals surface area contributed by atoms with E-state index in [4.69, 9.17) is 0 Å². The van der Waals surface area contributed by atoms with Gasteiger partial charge >= 0.3 is 0 Å². The van der Waals surface area contributed by atoms with Gasteiger partial charge in [-0.05, 0) is 34.1 Å². The normalized spacial score (nSPS) is 23.9. The average molecular weight is 295 g/mol. The van der Waals surface area contributed by atoms with Crippen LogP contribution in [0, 0.1) is 0 Å². The molecule has 112 valence electrons. The Bertz CT molecular complexity index is 441. The second-order valence-electron chi connectivity index (χ2n) is 5.40. The standard InChI is InChI=1S/C14H25N5S/c1-6-15-12-7-13(17-14(16-12)20-5)19-8-10(2)18(4)11(3)9-19/h7,10-11H,6,8-9H2,1-5H3,(H,15,16,17). The maximum Gasteiger partial charge on any atom is 0.191 e. The first-order valence-electron chi connectivity index (χ1n) is 7.19. The lowest BCUT2D eigenvalue weighted by Crippen LogP contribution is -2.55. The second-order valence-corrected chi connectivity index (χ2v) is 6.17. The Balaban J connectivity index is 2.25. The van der Waals surface area contributed by atoms with Crippen molar-refractivity contribution in [1.29, 1.82) is 0 Å². The van der Waals surface area contributed by atoms with Gasteiger partial charge < -0.3 is 10.2 Å². The van der Waals surface area contributed by atoms with Crippen molar-refractivity contribution in [3.8, 4) is 0 Å². The molecule has 0 aliphatic carbocycles. The summed E-state index contributed by atoms with van der Waals surface area (Å²) in [5, 5.41) is 4.12. The van der Waals surface area contributed by atoms with Crippen LogP contribution in [0.1, 0.15) is 20.8 Å². The summed E-state index contributed by atoms with van der Waals surface area (Å²) in [6.45, 7) is 9.52. The summed E-state index contributed by atoms with van der Waals surface area (Å²) in [4.78, 5) is 14.0. The molecule has 1 fully saturated rings. The van der Waals surface area contributed by atoms with Crippen LogP contribution in [-0.4, -0.2) is 59.9 Å². The van der Waals surface area contributed by atoms with E-state index < -0.39 is 0 Å². The Morgan fingerprint density at radius 2 is 1.95 bits per heavy atom. The monoisotopic (exact) mass is 295 g/mol. The molecule has 0 aromatic carbocycles. The molecular weight excluding hydrogens is 270 g/mol. The molecule has 2 rings (SSSR count). The van der Waals surface area contributed by atoms with Crippen LogP contribution in [0.25, 0.3) is 0 Å². The maximum absolute atomic E-state index is 4.67. The van der Waals surface area contributed by atoms with Gasteiger partial charge in [-0.25, -0.2) is 9.97 Å². The third kappa shape index (κ3) is 3.35. The molecule has 1 N–H and O–H groups in total. The summed E-state index contributed by atoms with van der Waals surface area (Å²) in [5.74, 6) is 1.95. The molecule has 2 heterocycles. The summed E-state index contributed by atoms with van der Waals surface area (Å²) >= 11 is 1.59. The number of likely N-dealkylation sites (N-methyl/N-ethyl adjacent to an activating group) is 1. The van der Waals surface area contributed by atoms with Crippen LogP contribution in [0.2, 0.25) is 0 Å². The van der Waals surface area contributed by atoms with Gasteiger partial charge in [-0.15, -0.1) is 0 Å². The van der Waals surface area contributed by atoms with Crippen LogP contribution in [-0.2, 0) is 0 Å². The largest absolute Gasteiger partial charge is 0.370 e. The predicted octanol–water partition coefficient (Wildman–Crippen LogP) is 2.16. The highest BCUT2D eigenvalue weighted by Crippen LogP contribution is 2.24. The summed E-state index contributed by atoms with van der Waals surface area (Å²) in [6, 6.07) is 3.14. The van der Waals surface area contributed by atoms with E-state index in [0.717, 1.165) is 36.4 Å². The Morgan fingerprint density at radius 3 is 2.50 bits per heavy atom. The van der Waals surface area contributed by atoms with Crippen molar-refractivity contribution in [3.05, 3.63) is 6.07 Å². The SMILES string of the molecule is CCNc1cc(N2CC(C)N(C)C(C)C2)nc(SC)n1. The highest BCUT2D eigenvalue weighted by Gasteiger charge is 2.27. The van der Waals surface area contributed by atoms with E-state index in [1.165, 1.54) is 0 Å². The lowest BCUT2D eigenvalue weighted by molar-refractivity contribution is 0.169. The lowest BCUT2D eigenvalue weighted by Gasteiger charge is -2.43. The molecule has 0 spiro atoms. The summed E-state index contributed by atoms with van der Waals surface area (Å²) < 4.78 is 0. The number of nitrogens with one attached hydrogen (secondary N) is 1. The van der Waals surface area contributed by atoms with Crippen LogP contribution in [0.4, 0.5) is 11.6 Å². The Hall–Kier alpha value is -1.01. The molecule has 0 bridgehead atoms. The zero-order chi connectivity index (χ0) is 14.7. The number of piperazine rings is 1. The van der Waals surface area contributed by atoms with Gasteiger partial charge in [0.1, 0.15) is 11.6 Å². The van der Waals surface area contributed by atoms with Crippen molar-refractivity contribution >= 4 is 23.4 Å². The molecule has 1 aromatic heterocycles. The Morgan fingerprint density at radius 1 is 1.30 bits per heavy atom. The molecule has 1 aliphatic rings. The fourth-order valence-corrected chi connectivity index (χ4v) is 2.90. The third-order valence-electron chi connectivity index (χ3n) is 3.92.